The fourth-order valence-electron chi connectivity index (χ4n) is 6.60. The van der Waals surface area contributed by atoms with Crippen molar-refractivity contribution in [3.8, 4) is 17.6 Å². The third-order valence-electron chi connectivity index (χ3n) is 8.92. The molecule has 44 heavy (non-hydrogen) atoms. The average Bonchev–Trinajstić information content (AvgIpc) is 3.30. The Bertz CT molecular complexity index is 1570. The van der Waals surface area contributed by atoms with Gasteiger partial charge < -0.3 is 25.4 Å². The van der Waals surface area contributed by atoms with Crippen LogP contribution in [0.25, 0.3) is 10.1 Å². The number of halogens is 3. The van der Waals surface area contributed by atoms with Crippen LogP contribution < -0.4 is 20.7 Å². The van der Waals surface area contributed by atoms with Gasteiger partial charge in [0.1, 0.15) is 5.75 Å². The number of carbonyl (C=O) groups excluding carboxylic acids is 1. The summed E-state index contributed by atoms with van der Waals surface area (Å²) in [4.78, 5) is 15.0. The molecule has 6 rings (SSSR count). The van der Waals surface area contributed by atoms with Crippen molar-refractivity contribution in [1.82, 2.24) is 10.2 Å². The van der Waals surface area contributed by atoms with Crippen molar-refractivity contribution in [2.45, 2.75) is 50.4 Å². The zero-order chi connectivity index (χ0) is 30.9. The van der Waals surface area contributed by atoms with Crippen molar-refractivity contribution >= 4 is 38.7 Å². The minimum Gasteiger partial charge on any atom is -0.495 e. The number of anilines is 2. The van der Waals surface area contributed by atoms with Gasteiger partial charge in [-0.2, -0.15) is 13.2 Å². The zero-order valence-electron chi connectivity index (χ0n) is 24.9. The first-order valence-corrected chi connectivity index (χ1v) is 15.8. The number of benzene rings is 2. The van der Waals surface area contributed by atoms with Gasteiger partial charge in [0.2, 0.25) is 0 Å². The molecule has 1 saturated carbocycles. The minimum absolute atomic E-state index is 0.189. The summed E-state index contributed by atoms with van der Waals surface area (Å²) in [6.45, 7) is 4.27. The molecule has 2 aliphatic heterocycles. The van der Waals surface area contributed by atoms with Crippen molar-refractivity contribution in [3.05, 3.63) is 52.4 Å². The summed E-state index contributed by atoms with van der Waals surface area (Å²) in [5, 5.41) is 9.99. The Labute approximate surface area is 259 Å². The highest BCUT2D eigenvalue weighted by Gasteiger charge is 2.50. The number of fused-ring (bicyclic) bond motifs is 1. The van der Waals surface area contributed by atoms with Gasteiger partial charge in [0.15, 0.2) is 0 Å². The van der Waals surface area contributed by atoms with E-state index in [4.69, 9.17) is 9.47 Å². The molecule has 1 amide bonds. The normalized spacial score (nSPS) is 21.1. The first-order valence-electron chi connectivity index (χ1n) is 15.0. The number of carbonyl (C=O) groups is 1. The van der Waals surface area contributed by atoms with Crippen LogP contribution in [0.4, 0.5) is 24.5 Å². The SMILES string of the molecule is CNC(=O)c1ccc(NCC#Cc2sc3c(NC4CCC(N5CC6(COC6)C5)CC4)cccc3c2CC(F)(F)F)c(OC)c1. The molecule has 3 fully saturated rings. The van der Waals surface area contributed by atoms with Gasteiger partial charge in [-0.25, -0.2) is 0 Å². The molecule has 1 aromatic heterocycles. The topological polar surface area (TPSA) is 74.9 Å². The van der Waals surface area contributed by atoms with Crippen molar-refractivity contribution < 1.29 is 27.4 Å². The molecule has 0 atom stereocenters. The number of nitrogens with one attached hydrogen (secondary N) is 3. The molecule has 3 aliphatic rings. The van der Waals surface area contributed by atoms with Crippen LogP contribution in [0.15, 0.2) is 36.4 Å². The Balaban J connectivity index is 1.15. The van der Waals surface area contributed by atoms with Gasteiger partial charge in [0, 0.05) is 43.2 Å². The molecule has 0 radical (unpaired) electrons. The number of rotatable bonds is 8. The van der Waals surface area contributed by atoms with E-state index in [1.165, 1.54) is 18.4 Å². The Kier molecular flexibility index (Phi) is 8.68. The maximum Gasteiger partial charge on any atom is 0.393 e. The molecule has 3 N–H and O–H groups in total. The Morgan fingerprint density at radius 3 is 2.57 bits per heavy atom. The van der Waals surface area contributed by atoms with E-state index in [-0.39, 0.29) is 24.1 Å². The maximum absolute atomic E-state index is 13.7. The zero-order valence-corrected chi connectivity index (χ0v) is 25.7. The standard InChI is InChI=1S/C33H37F3N4O3S/c1-37-31(41)21-8-13-26(28(15-21)42-2)38-14-4-7-29-25(16-33(34,35)36)24-5-3-6-27(30(24)44-29)39-22-9-11-23(12-10-22)40-17-32(18-40)19-43-20-32/h3,5-6,8,13,15,22-23,38-39H,9-12,14,16-20H2,1-2H3,(H,37,41). The largest absolute Gasteiger partial charge is 0.495 e. The molecule has 1 spiro atoms. The van der Waals surface area contributed by atoms with E-state index in [1.807, 2.05) is 12.1 Å². The number of amides is 1. The van der Waals surface area contributed by atoms with E-state index in [0.29, 0.717) is 38.7 Å². The molecule has 234 valence electrons. The summed E-state index contributed by atoms with van der Waals surface area (Å²) < 4.78 is 52.7. The molecule has 3 heterocycles. The highest BCUT2D eigenvalue weighted by Crippen LogP contribution is 2.42. The number of hydrogen-bond acceptors (Lipinski definition) is 7. The monoisotopic (exact) mass is 626 g/mol. The predicted octanol–water partition coefficient (Wildman–Crippen LogP) is 5.89. The maximum atomic E-state index is 13.7. The van der Waals surface area contributed by atoms with Crippen molar-refractivity contribution in [3.63, 3.8) is 0 Å². The van der Waals surface area contributed by atoms with E-state index in [1.54, 1.807) is 31.3 Å². The van der Waals surface area contributed by atoms with E-state index in [9.17, 15) is 18.0 Å². The molecular formula is C33H37F3N4O3S. The van der Waals surface area contributed by atoms with Crippen LogP contribution in [-0.4, -0.2) is 76.1 Å². The summed E-state index contributed by atoms with van der Waals surface area (Å²) >= 11 is 1.32. The average molecular weight is 627 g/mol. The Hall–Kier alpha value is -3.46. The summed E-state index contributed by atoms with van der Waals surface area (Å²) in [6, 6.07) is 11.5. The molecule has 1 aliphatic carbocycles. The van der Waals surface area contributed by atoms with Gasteiger partial charge in [0.25, 0.3) is 5.91 Å². The third kappa shape index (κ3) is 6.48. The fraction of sp³-hybridized carbons (Fsp3) is 0.485. The van der Waals surface area contributed by atoms with Gasteiger partial charge in [-0.05, 0) is 60.9 Å². The third-order valence-corrected chi connectivity index (χ3v) is 10.1. The second-order valence-electron chi connectivity index (χ2n) is 12.1. The second-order valence-corrected chi connectivity index (χ2v) is 13.1. The smallest absolute Gasteiger partial charge is 0.393 e. The first-order chi connectivity index (χ1) is 21.2. The van der Waals surface area contributed by atoms with Crippen LogP contribution in [0.3, 0.4) is 0 Å². The summed E-state index contributed by atoms with van der Waals surface area (Å²) in [5.41, 5.74) is 2.60. The number of thiophene rings is 1. The Morgan fingerprint density at radius 1 is 1.14 bits per heavy atom. The molecule has 0 bridgehead atoms. The lowest BCUT2D eigenvalue weighted by Gasteiger charge is -2.58. The molecular weight excluding hydrogens is 589 g/mol. The minimum atomic E-state index is -4.36. The van der Waals surface area contributed by atoms with E-state index in [0.717, 1.165) is 62.4 Å². The predicted molar refractivity (Wildman–Crippen MR) is 168 cm³/mol. The number of ether oxygens (including phenoxy) is 2. The highest BCUT2D eigenvalue weighted by atomic mass is 32.1. The fourth-order valence-corrected chi connectivity index (χ4v) is 7.77. The van der Waals surface area contributed by atoms with Crippen LogP contribution in [0, 0.1) is 17.3 Å². The Morgan fingerprint density at radius 2 is 1.91 bits per heavy atom. The van der Waals surface area contributed by atoms with Gasteiger partial charge in [-0.1, -0.05) is 24.0 Å². The lowest BCUT2D eigenvalue weighted by Crippen LogP contribution is -2.68. The lowest BCUT2D eigenvalue weighted by molar-refractivity contribution is -0.200. The van der Waals surface area contributed by atoms with Gasteiger partial charge >= 0.3 is 6.18 Å². The van der Waals surface area contributed by atoms with Crippen LogP contribution >= 0.6 is 11.3 Å². The van der Waals surface area contributed by atoms with Crippen molar-refractivity contribution in [1.29, 1.82) is 0 Å². The van der Waals surface area contributed by atoms with Crippen LogP contribution in [0.1, 0.15) is 46.5 Å². The van der Waals surface area contributed by atoms with Crippen LogP contribution in [0.5, 0.6) is 5.75 Å². The quantitative estimate of drug-likeness (QED) is 0.271. The van der Waals surface area contributed by atoms with Gasteiger partial charge in [0.05, 0.1) is 54.2 Å². The van der Waals surface area contributed by atoms with E-state index >= 15 is 0 Å². The second kappa shape index (κ2) is 12.5. The highest BCUT2D eigenvalue weighted by molar-refractivity contribution is 7.20. The first kappa shape index (κ1) is 30.6. The number of nitrogens with zero attached hydrogens (tertiary/aromatic N) is 1. The lowest BCUT2D eigenvalue weighted by atomic mass is 9.75. The molecule has 0 unspecified atom stereocenters. The van der Waals surface area contributed by atoms with Crippen LogP contribution in [0.2, 0.25) is 0 Å². The van der Waals surface area contributed by atoms with Crippen LogP contribution in [-0.2, 0) is 11.2 Å². The van der Waals surface area contributed by atoms with Gasteiger partial charge in [-0.15, -0.1) is 11.3 Å². The molecule has 3 aromatic rings. The molecule has 11 heteroatoms. The molecule has 2 aromatic carbocycles. The van der Waals surface area contributed by atoms with E-state index in [2.05, 4.69) is 32.7 Å². The number of methoxy groups -OCH3 is 1. The summed E-state index contributed by atoms with van der Waals surface area (Å²) in [5.74, 6) is 6.24. The number of hydrogen-bond donors (Lipinski definition) is 3. The molecule has 7 nitrogen and oxygen atoms in total. The summed E-state index contributed by atoms with van der Waals surface area (Å²) in [6.07, 6.45) is -1.07. The van der Waals surface area contributed by atoms with Gasteiger partial charge in [-0.3, -0.25) is 9.69 Å². The van der Waals surface area contributed by atoms with Crippen molar-refractivity contribution in [2.75, 3.05) is 57.6 Å². The summed E-state index contributed by atoms with van der Waals surface area (Å²) in [7, 11) is 3.06. The number of likely N-dealkylation sites (tertiary alicyclic amines) is 1. The van der Waals surface area contributed by atoms with E-state index < -0.39 is 12.6 Å². The number of alkyl halides is 3. The molecule has 2 saturated heterocycles. The van der Waals surface area contributed by atoms with Crippen molar-refractivity contribution in [2.24, 2.45) is 5.41 Å².